The highest BCUT2D eigenvalue weighted by Crippen LogP contribution is 2.27. The number of hydrogen-bond acceptors (Lipinski definition) is 4. The van der Waals surface area contributed by atoms with E-state index in [9.17, 15) is 4.79 Å². The number of rotatable bonds is 3. The van der Waals surface area contributed by atoms with Crippen LogP contribution in [-0.4, -0.2) is 35.0 Å². The SMILES string of the molecule is O=C(NC1CCCCC1)C1CCN(c2ncnc3ccccc23)CC1. The van der Waals surface area contributed by atoms with Crippen molar-refractivity contribution in [3.8, 4) is 0 Å². The van der Waals surface area contributed by atoms with Crippen LogP contribution >= 0.6 is 0 Å². The predicted octanol–water partition coefficient (Wildman–Crippen LogP) is 3.30. The third-order valence-corrected chi connectivity index (χ3v) is 5.64. The summed E-state index contributed by atoms with van der Waals surface area (Å²) in [4.78, 5) is 23.7. The molecule has 0 radical (unpaired) electrons. The standard InChI is InChI=1S/C20H26N4O/c25-20(23-16-6-2-1-3-7-16)15-10-12-24(13-11-15)19-17-8-4-5-9-18(17)21-14-22-19/h4-5,8-9,14-16H,1-3,6-7,10-13H2,(H,23,25). The van der Waals surface area contributed by atoms with Crippen LogP contribution in [0.4, 0.5) is 5.82 Å². The molecule has 1 aliphatic carbocycles. The number of nitrogens with one attached hydrogen (secondary N) is 1. The molecule has 0 bridgehead atoms. The zero-order valence-electron chi connectivity index (χ0n) is 14.7. The summed E-state index contributed by atoms with van der Waals surface area (Å²) < 4.78 is 0. The van der Waals surface area contributed by atoms with E-state index in [1.807, 2.05) is 18.2 Å². The van der Waals surface area contributed by atoms with Crippen LogP contribution in [-0.2, 0) is 4.79 Å². The minimum absolute atomic E-state index is 0.145. The summed E-state index contributed by atoms with van der Waals surface area (Å²) in [7, 11) is 0. The average Bonchev–Trinajstić information content (AvgIpc) is 2.68. The zero-order valence-corrected chi connectivity index (χ0v) is 14.7. The summed E-state index contributed by atoms with van der Waals surface area (Å²) in [6.45, 7) is 1.76. The third-order valence-electron chi connectivity index (χ3n) is 5.64. The van der Waals surface area contributed by atoms with E-state index in [0.29, 0.717) is 6.04 Å². The number of benzene rings is 1. The maximum absolute atomic E-state index is 12.6. The average molecular weight is 338 g/mol. The highest BCUT2D eigenvalue weighted by Gasteiger charge is 2.28. The van der Waals surface area contributed by atoms with Crippen molar-refractivity contribution in [1.82, 2.24) is 15.3 Å². The monoisotopic (exact) mass is 338 g/mol. The molecule has 132 valence electrons. The van der Waals surface area contributed by atoms with Crippen LogP contribution in [0.1, 0.15) is 44.9 Å². The molecule has 1 aromatic carbocycles. The minimum atomic E-state index is 0.145. The first kappa shape index (κ1) is 16.3. The molecule has 4 rings (SSSR count). The molecular weight excluding hydrogens is 312 g/mol. The van der Waals surface area contributed by atoms with Gasteiger partial charge in [0.15, 0.2) is 0 Å². The molecule has 0 spiro atoms. The van der Waals surface area contributed by atoms with E-state index in [0.717, 1.165) is 55.5 Å². The molecule has 0 unspecified atom stereocenters. The fourth-order valence-electron chi connectivity index (χ4n) is 4.16. The fraction of sp³-hybridized carbons (Fsp3) is 0.550. The first-order valence-electron chi connectivity index (χ1n) is 9.56. The first-order valence-corrected chi connectivity index (χ1v) is 9.56. The van der Waals surface area contributed by atoms with E-state index < -0.39 is 0 Å². The molecule has 1 saturated heterocycles. The van der Waals surface area contributed by atoms with Gasteiger partial charge < -0.3 is 10.2 Å². The lowest BCUT2D eigenvalue weighted by atomic mass is 9.92. The molecule has 1 N–H and O–H groups in total. The van der Waals surface area contributed by atoms with Crippen LogP contribution in [0.5, 0.6) is 0 Å². The number of aromatic nitrogens is 2. The van der Waals surface area contributed by atoms with Crippen molar-refractivity contribution < 1.29 is 4.79 Å². The van der Waals surface area contributed by atoms with E-state index >= 15 is 0 Å². The van der Waals surface area contributed by atoms with Crippen LogP contribution in [0.2, 0.25) is 0 Å². The summed E-state index contributed by atoms with van der Waals surface area (Å²) in [6.07, 6.45) is 9.56. The van der Waals surface area contributed by atoms with Crippen molar-refractivity contribution in [2.75, 3.05) is 18.0 Å². The van der Waals surface area contributed by atoms with Gasteiger partial charge in [0.25, 0.3) is 0 Å². The Balaban J connectivity index is 1.38. The second-order valence-electron chi connectivity index (χ2n) is 7.32. The Labute approximate surface area is 148 Å². The Morgan fingerprint density at radius 3 is 2.56 bits per heavy atom. The number of carbonyl (C=O) groups is 1. The van der Waals surface area contributed by atoms with Gasteiger partial charge in [0.05, 0.1) is 5.52 Å². The van der Waals surface area contributed by atoms with Crippen LogP contribution in [0.15, 0.2) is 30.6 Å². The zero-order chi connectivity index (χ0) is 17.1. The maximum atomic E-state index is 12.6. The number of fused-ring (bicyclic) bond motifs is 1. The molecule has 1 aliphatic heterocycles. The molecule has 1 aromatic heterocycles. The van der Waals surface area contributed by atoms with Gasteiger partial charge in [-0.1, -0.05) is 31.4 Å². The van der Waals surface area contributed by atoms with Gasteiger partial charge in [0.1, 0.15) is 12.1 Å². The van der Waals surface area contributed by atoms with Crippen LogP contribution < -0.4 is 10.2 Å². The van der Waals surface area contributed by atoms with Gasteiger partial charge in [-0.05, 0) is 37.8 Å². The van der Waals surface area contributed by atoms with Gasteiger partial charge in [-0.2, -0.15) is 0 Å². The topological polar surface area (TPSA) is 58.1 Å². The highest BCUT2D eigenvalue weighted by molar-refractivity contribution is 5.89. The molecule has 2 aromatic rings. The molecule has 5 nitrogen and oxygen atoms in total. The number of carbonyl (C=O) groups excluding carboxylic acids is 1. The number of para-hydroxylation sites is 1. The lowest BCUT2D eigenvalue weighted by Crippen LogP contribution is -2.44. The van der Waals surface area contributed by atoms with E-state index in [4.69, 9.17) is 0 Å². The number of nitrogens with zero attached hydrogens (tertiary/aromatic N) is 3. The molecule has 25 heavy (non-hydrogen) atoms. The molecule has 2 aliphatic rings. The third kappa shape index (κ3) is 3.60. The smallest absolute Gasteiger partial charge is 0.223 e. The molecule has 5 heteroatoms. The number of anilines is 1. The van der Waals surface area contributed by atoms with Gasteiger partial charge in [0.2, 0.25) is 5.91 Å². The molecular formula is C20H26N4O. The lowest BCUT2D eigenvalue weighted by Gasteiger charge is -2.33. The van der Waals surface area contributed by atoms with Crippen molar-refractivity contribution in [3.05, 3.63) is 30.6 Å². The van der Waals surface area contributed by atoms with E-state index in [1.54, 1.807) is 6.33 Å². The maximum Gasteiger partial charge on any atom is 0.223 e. The van der Waals surface area contributed by atoms with Crippen LogP contribution in [0.25, 0.3) is 10.9 Å². The summed E-state index contributed by atoms with van der Waals surface area (Å²) in [5.74, 6) is 1.40. The molecule has 1 saturated carbocycles. The van der Waals surface area contributed by atoms with Crippen LogP contribution in [0, 0.1) is 5.92 Å². The second-order valence-corrected chi connectivity index (χ2v) is 7.32. The minimum Gasteiger partial charge on any atom is -0.356 e. The second kappa shape index (κ2) is 7.38. The summed E-state index contributed by atoms with van der Waals surface area (Å²) in [5.41, 5.74) is 0.977. The van der Waals surface area contributed by atoms with Crippen molar-refractivity contribution in [3.63, 3.8) is 0 Å². The first-order chi connectivity index (χ1) is 12.3. The van der Waals surface area contributed by atoms with E-state index in [2.05, 4.69) is 26.3 Å². The summed E-state index contributed by atoms with van der Waals surface area (Å²) in [5, 5.41) is 4.38. The largest absolute Gasteiger partial charge is 0.356 e. The van der Waals surface area contributed by atoms with Gasteiger partial charge in [0, 0.05) is 30.4 Å². The van der Waals surface area contributed by atoms with Crippen molar-refractivity contribution in [2.24, 2.45) is 5.92 Å². The Kier molecular flexibility index (Phi) is 4.81. The molecule has 2 fully saturated rings. The molecule has 0 atom stereocenters. The van der Waals surface area contributed by atoms with Gasteiger partial charge in [-0.25, -0.2) is 9.97 Å². The van der Waals surface area contributed by atoms with E-state index in [-0.39, 0.29) is 11.8 Å². The summed E-state index contributed by atoms with van der Waals surface area (Å²) >= 11 is 0. The molecule has 2 heterocycles. The Bertz CT molecular complexity index is 728. The van der Waals surface area contributed by atoms with Crippen molar-refractivity contribution >= 4 is 22.6 Å². The Morgan fingerprint density at radius 2 is 1.76 bits per heavy atom. The normalized spacial score (nSPS) is 19.9. The fourth-order valence-corrected chi connectivity index (χ4v) is 4.16. The van der Waals surface area contributed by atoms with Gasteiger partial charge in [-0.3, -0.25) is 4.79 Å². The number of hydrogen-bond donors (Lipinski definition) is 1. The molecule has 1 amide bonds. The van der Waals surface area contributed by atoms with Crippen molar-refractivity contribution in [2.45, 2.75) is 51.0 Å². The van der Waals surface area contributed by atoms with E-state index in [1.165, 1.54) is 19.3 Å². The van der Waals surface area contributed by atoms with Gasteiger partial charge >= 0.3 is 0 Å². The van der Waals surface area contributed by atoms with Gasteiger partial charge in [-0.15, -0.1) is 0 Å². The lowest BCUT2D eigenvalue weighted by molar-refractivity contribution is -0.126. The number of amides is 1. The Morgan fingerprint density at radius 1 is 1.00 bits per heavy atom. The quantitative estimate of drug-likeness (QED) is 0.933. The van der Waals surface area contributed by atoms with Crippen molar-refractivity contribution in [1.29, 1.82) is 0 Å². The Hall–Kier alpha value is -2.17. The predicted molar refractivity (Wildman–Crippen MR) is 99.5 cm³/mol. The summed E-state index contributed by atoms with van der Waals surface area (Å²) in [6, 6.07) is 8.53. The van der Waals surface area contributed by atoms with Crippen LogP contribution in [0.3, 0.4) is 0 Å². The number of piperidine rings is 1. The highest BCUT2D eigenvalue weighted by atomic mass is 16.1.